The molecule has 0 aliphatic heterocycles. The van der Waals surface area contributed by atoms with Gasteiger partial charge in [-0.2, -0.15) is 0 Å². The van der Waals surface area contributed by atoms with E-state index >= 15 is 0 Å². The average molecular weight is 321 g/mol. The summed E-state index contributed by atoms with van der Waals surface area (Å²) >= 11 is 0. The summed E-state index contributed by atoms with van der Waals surface area (Å²) in [7, 11) is 0. The van der Waals surface area contributed by atoms with Crippen LogP contribution in [0.1, 0.15) is 22.8 Å². The smallest absolute Gasteiger partial charge is 0.251 e. The molecule has 0 heterocycles. The van der Waals surface area contributed by atoms with Gasteiger partial charge in [0.15, 0.2) is 0 Å². The van der Waals surface area contributed by atoms with Gasteiger partial charge in [0.2, 0.25) is 0 Å². The molecule has 23 heavy (non-hydrogen) atoms. The molecule has 0 spiro atoms. The van der Waals surface area contributed by atoms with E-state index in [1.807, 2.05) is 0 Å². The molecule has 0 aromatic heterocycles. The number of hydrogen-bond donors (Lipinski definition) is 2. The van der Waals surface area contributed by atoms with Gasteiger partial charge in [-0.05, 0) is 37.3 Å². The van der Waals surface area contributed by atoms with Crippen LogP contribution in [0.25, 0.3) is 0 Å². The highest BCUT2D eigenvalue weighted by Gasteiger charge is 2.11. The van der Waals surface area contributed by atoms with Gasteiger partial charge in [-0.1, -0.05) is 12.1 Å². The monoisotopic (exact) mass is 321 g/mol. The fourth-order valence-corrected chi connectivity index (χ4v) is 1.90. The Labute approximate surface area is 132 Å². The van der Waals surface area contributed by atoms with Gasteiger partial charge in [0.05, 0.1) is 11.7 Å². The van der Waals surface area contributed by atoms with E-state index in [-0.39, 0.29) is 24.6 Å². The van der Waals surface area contributed by atoms with Gasteiger partial charge in [0.25, 0.3) is 5.91 Å². The Morgan fingerprint density at radius 3 is 2.52 bits per heavy atom. The van der Waals surface area contributed by atoms with Gasteiger partial charge in [-0.3, -0.25) is 4.79 Å². The molecular formula is C17H17F2NO3. The summed E-state index contributed by atoms with van der Waals surface area (Å²) in [5.74, 6) is -1.42. The first-order valence-electron chi connectivity index (χ1n) is 7.09. The molecule has 0 fully saturated rings. The molecule has 2 aromatic carbocycles. The van der Waals surface area contributed by atoms with Crippen LogP contribution >= 0.6 is 0 Å². The van der Waals surface area contributed by atoms with Gasteiger partial charge in [0.1, 0.15) is 24.0 Å². The van der Waals surface area contributed by atoms with E-state index in [0.717, 1.165) is 12.1 Å². The number of aliphatic hydroxyl groups excluding tert-OH is 1. The molecule has 2 aromatic rings. The van der Waals surface area contributed by atoms with Crippen molar-refractivity contribution < 1.29 is 23.4 Å². The van der Waals surface area contributed by atoms with E-state index in [4.69, 9.17) is 9.84 Å². The molecule has 2 N–H and O–H groups in total. The molecule has 1 amide bonds. The van der Waals surface area contributed by atoms with Crippen LogP contribution in [0.4, 0.5) is 8.78 Å². The molecule has 0 bridgehead atoms. The van der Waals surface area contributed by atoms with Crippen molar-refractivity contribution in [3.63, 3.8) is 0 Å². The second-order valence-corrected chi connectivity index (χ2v) is 5.08. The van der Waals surface area contributed by atoms with Gasteiger partial charge < -0.3 is 15.2 Å². The number of ether oxygens (including phenoxy) is 1. The number of hydrogen-bond acceptors (Lipinski definition) is 3. The van der Waals surface area contributed by atoms with Crippen LogP contribution in [0.2, 0.25) is 0 Å². The zero-order valence-electron chi connectivity index (χ0n) is 12.6. The summed E-state index contributed by atoms with van der Waals surface area (Å²) in [6.07, 6.45) is -0.651. The molecule has 122 valence electrons. The molecule has 2 rings (SSSR count). The number of carbonyl (C=O) groups excluding carboxylic acids is 1. The second kappa shape index (κ2) is 7.69. The van der Waals surface area contributed by atoms with Crippen molar-refractivity contribution in [2.75, 3.05) is 6.54 Å². The van der Waals surface area contributed by atoms with Crippen LogP contribution in [0.5, 0.6) is 5.75 Å². The Morgan fingerprint density at radius 2 is 1.87 bits per heavy atom. The minimum absolute atomic E-state index is 0.129. The molecule has 6 heteroatoms. The van der Waals surface area contributed by atoms with Gasteiger partial charge in [-0.15, -0.1) is 0 Å². The number of benzene rings is 2. The van der Waals surface area contributed by atoms with Crippen LogP contribution in [-0.4, -0.2) is 23.7 Å². The lowest BCUT2D eigenvalue weighted by molar-refractivity contribution is 0.0923. The van der Waals surface area contributed by atoms with E-state index < -0.39 is 17.7 Å². The maximum atomic E-state index is 13.5. The third-order valence-corrected chi connectivity index (χ3v) is 3.10. The molecule has 1 atom stereocenters. The lowest BCUT2D eigenvalue weighted by Crippen LogP contribution is -2.30. The van der Waals surface area contributed by atoms with Gasteiger partial charge >= 0.3 is 0 Å². The van der Waals surface area contributed by atoms with Crippen molar-refractivity contribution in [1.29, 1.82) is 0 Å². The van der Waals surface area contributed by atoms with Crippen LogP contribution < -0.4 is 10.1 Å². The highest BCUT2D eigenvalue weighted by Crippen LogP contribution is 2.18. The van der Waals surface area contributed by atoms with Crippen molar-refractivity contribution in [3.8, 4) is 5.75 Å². The van der Waals surface area contributed by atoms with Gasteiger partial charge in [0, 0.05) is 12.1 Å². The quantitative estimate of drug-likeness (QED) is 0.860. The maximum absolute atomic E-state index is 13.5. The van der Waals surface area contributed by atoms with Gasteiger partial charge in [-0.25, -0.2) is 8.78 Å². The van der Waals surface area contributed by atoms with Crippen LogP contribution in [-0.2, 0) is 6.61 Å². The largest absolute Gasteiger partial charge is 0.489 e. The van der Waals surface area contributed by atoms with Crippen LogP contribution in [0.15, 0.2) is 42.5 Å². The number of halogens is 2. The number of amides is 1. The van der Waals surface area contributed by atoms with E-state index in [2.05, 4.69) is 5.32 Å². The molecule has 0 aliphatic rings. The number of carbonyl (C=O) groups is 1. The zero-order valence-corrected chi connectivity index (χ0v) is 12.6. The highest BCUT2D eigenvalue weighted by atomic mass is 19.1. The molecule has 4 nitrogen and oxygen atoms in total. The minimum Gasteiger partial charge on any atom is -0.489 e. The van der Waals surface area contributed by atoms with E-state index in [1.54, 1.807) is 25.1 Å². The van der Waals surface area contributed by atoms with Crippen molar-refractivity contribution in [1.82, 2.24) is 5.32 Å². The average Bonchev–Trinajstić information content (AvgIpc) is 2.52. The van der Waals surface area contributed by atoms with Crippen LogP contribution in [0.3, 0.4) is 0 Å². The Bertz CT molecular complexity index is 669. The SMILES string of the molecule is CC(O)CNC(=O)c1cccc(OCc2c(F)cccc2F)c1. The predicted molar refractivity (Wildman–Crippen MR) is 81.1 cm³/mol. The summed E-state index contributed by atoms with van der Waals surface area (Å²) < 4.78 is 32.4. The van der Waals surface area contributed by atoms with Crippen molar-refractivity contribution in [2.45, 2.75) is 19.6 Å². The maximum Gasteiger partial charge on any atom is 0.251 e. The standard InChI is InChI=1S/C17H17F2NO3/c1-11(21)9-20-17(22)12-4-2-5-13(8-12)23-10-14-15(18)6-3-7-16(14)19/h2-8,11,21H,9-10H2,1H3,(H,20,22). The van der Waals surface area contributed by atoms with Crippen LogP contribution in [0, 0.1) is 11.6 Å². The highest BCUT2D eigenvalue weighted by molar-refractivity contribution is 5.94. The van der Waals surface area contributed by atoms with E-state index in [1.165, 1.54) is 12.1 Å². The first kappa shape index (κ1) is 16.9. The molecule has 0 aliphatic carbocycles. The first-order valence-corrected chi connectivity index (χ1v) is 7.09. The molecule has 1 unspecified atom stereocenters. The van der Waals surface area contributed by atoms with Crippen molar-refractivity contribution >= 4 is 5.91 Å². The number of aliphatic hydroxyl groups is 1. The molecule has 0 saturated carbocycles. The van der Waals surface area contributed by atoms with Crippen molar-refractivity contribution in [2.24, 2.45) is 0 Å². The minimum atomic E-state index is -0.684. The lowest BCUT2D eigenvalue weighted by atomic mass is 10.2. The summed E-state index contributed by atoms with van der Waals surface area (Å²) in [6.45, 7) is 1.41. The van der Waals surface area contributed by atoms with E-state index in [0.29, 0.717) is 11.3 Å². The Hall–Kier alpha value is -2.47. The second-order valence-electron chi connectivity index (χ2n) is 5.08. The Balaban J connectivity index is 2.04. The summed E-state index contributed by atoms with van der Waals surface area (Å²) in [5.41, 5.74) is 0.161. The Kier molecular flexibility index (Phi) is 5.65. The summed E-state index contributed by atoms with van der Waals surface area (Å²) in [5, 5.41) is 11.7. The summed E-state index contributed by atoms with van der Waals surface area (Å²) in [6, 6.07) is 9.82. The fraction of sp³-hybridized carbons (Fsp3) is 0.235. The Morgan fingerprint density at radius 1 is 1.22 bits per heavy atom. The number of rotatable bonds is 6. The molecular weight excluding hydrogens is 304 g/mol. The molecule has 0 saturated heterocycles. The topological polar surface area (TPSA) is 58.6 Å². The lowest BCUT2D eigenvalue weighted by Gasteiger charge is -2.10. The fourth-order valence-electron chi connectivity index (χ4n) is 1.90. The van der Waals surface area contributed by atoms with Crippen molar-refractivity contribution in [3.05, 3.63) is 65.2 Å². The summed E-state index contributed by atoms with van der Waals surface area (Å²) in [4.78, 5) is 11.9. The zero-order chi connectivity index (χ0) is 16.8. The first-order chi connectivity index (χ1) is 11.0. The number of nitrogens with one attached hydrogen (secondary N) is 1. The van der Waals surface area contributed by atoms with E-state index in [9.17, 15) is 13.6 Å². The predicted octanol–water partition coefficient (Wildman–Crippen LogP) is 2.65. The molecule has 0 radical (unpaired) electrons. The normalized spacial score (nSPS) is 11.8. The third-order valence-electron chi connectivity index (χ3n) is 3.10. The third kappa shape index (κ3) is 4.75.